The number of carbonyl (C=O) groups is 2. The Bertz CT molecular complexity index is 682. The number of hydrogen-bond acceptors (Lipinski definition) is 5. The molecule has 2 aromatic heterocycles. The zero-order valence-corrected chi connectivity index (χ0v) is 13.0. The van der Waals surface area contributed by atoms with Gasteiger partial charge in [-0.15, -0.1) is 16.4 Å². The zero-order chi connectivity index (χ0) is 15.6. The molecule has 0 saturated carbocycles. The van der Waals surface area contributed by atoms with Gasteiger partial charge in [-0.1, -0.05) is 16.8 Å². The maximum absolute atomic E-state index is 12.1. The number of hydrogen-bond donors (Lipinski definition) is 1. The summed E-state index contributed by atoms with van der Waals surface area (Å²) in [5.74, 6) is -1.35. The molecule has 9 heteroatoms. The molecule has 7 nitrogen and oxygen atoms in total. The van der Waals surface area contributed by atoms with Crippen LogP contribution in [0, 0.1) is 6.92 Å². The van der Waals surface area contributed by atoms with E-state index in [1.807, 2.05) is 6.07 Å². The molecule has 0 atom stereocenters. The predicted octanol–water partition coefficient (Wildman–Crippen LogP) is 1.66. The quantitative estimate of drug-likeness (QED) is 0.901. The Hall–Kier alpha value is -1.93. The molecule has 0 aliphatic carbocycles. The van der Waals surface area contributed by atoms with Crippen molar-refractivity contribution in [2.24, 2.45) is 0 Å². The van der Waals surface area contributed by atoms with Crippen molar-refractivity contribution < 1.29 is 14.7 Å². The smallest absolute Gasteiger partial charge is 0.358 e. The molecule has 0 fully saturated rings. The number of likely N-dealkylation sites (N-methyl/N-ethyl adjacent to an activating group) is 1. The Kier molecular flexibility index (Phi) is 4.59. The summed E-state index contributed by atoms with van der Waals surface area (Å²) in [7, 11) is 1.67. The van der Waals surface area contributed by atoms with E-state index in [4.69, 9.17) is 16.7 Å². The van der Waals surface area contributed by atoms with Gasteiger partial charge in [-0.25, -0.2) is 9.48 Å². The second-order valence-corrected chi connectivity index (χ2v) is 6.24. The van der Waals surface area contributed by atoms with Crippen LogP contribution in [0.25, 0.3) is 0 Å². The molecule has 0 aliphatic rings. The number of thiophene rings is 1. The van der Waals surface area contributed by atoms with Crippen molar-refractivity contribution in [3.63, 3.8) is 0 Å². The Morgan fingerprint density at radius 3 is 2.71 bits per heavy atom. The number of aromatic carboxylic acids is 1. The van der Waals surface area contributed by atoms with Crippen molar-refractivity contribution in [3.8, 4) is 0 Å². The van der Waals surface area contributed by atoms with Crippen molar-refractivity contribution >= 4 is 34.8 Å². The first-order valence-corrected chi connectivity index (χ1v) is 7.19. The van der Waals surface area contributed by atoms with Crippen LogP contribution in [0.4, 0.5) is 0 Å². The second-order valence-electron chi connectivity index (χ2n) is 4.44. The molecule has 0 unspecified atom stereocenters. The summed E-state index contributed by atoms with van der Waals surface area (Å²) in [5, 5.41) is 16.1. The molecule has 2 aromatic rings. The number of amides is 1. The molecule has 0 radical (unpaired) electrons. The van der Waals surface area contributed by atoms with Crippen molar-refractivity contribution in [2.45, 2.75) is 20.0 Å². The van der Waals surface area contributed by atoms with Crippen LogP contribution in [0.15, 0.2) is 12.1 Å². The summed E-state index contributed by atoms with van der Waals surface area (Å²) in [6.07, 6.45) is 0. The van der Waals surface area contributed by atoms with E-state index >= 15 is 0 Å². The first-order chi connectivity index (χ1) is 9.88. The van der Waals surface area contributed by atoms with Crippen LogP contribution in [0.3, 0.4) is 0 Å². The van der Waals surface area contributed by atoms with Crippen LogP contribution in [0.5, 0.6) is 0 Å². The number of nitrogens with zero attached hydrogens (tertiary/aromatic N) is 4. The lowest BCUT2D eigenvalue weighted by Gasteiger charge is -2.16. The third-order valence-corrected chi connectivity index (χ3v) is 4.13. The van der Waals surface area contributed by atoms with E-state index in [0.29, 0.717) is 16.6 Å². The summed E-state index contributed by atoms with van der Waals surface area (Å²) >= 11 is 7.25. The lowest BCUT2D eigenvalue weighted by Crippen LogP contribution is -2.30. The number of carboxylic acids is 1. The SMILES string of the molecule is Cc1c(C(=O)O)nnn1CC(=O)N(C)Cc1ccc(Cl)s1. The van der Waals surface area contributed by atoms with Crippen molar-refractivity contribution in [1.29, 1.82) is 0 Å². The summed E-state index contributed by atoms with van der Waals surface area (Å²) in [5.41, 5.74) is 0.207. The fourth-order valence-corrected chi connectivity index (χ4v) is 2.86. The lowest BCUT2D eigenvalue weighted by molar-refractivity contribution is -0.131. The minimum Gasteiger partial charge on any atom is -0.476 e. The average molecular weight is 329 g/mol. The fourth-order valence-electron chi connectivity index (χ4n) is 1.72. The molecule has 1 amide bonds. The minimum atomic E-state index is -1.16. The van der Waals surface area contributed by atoms with Crippen molar-refractivity contribution in [1.82, 2.24) is 19.9 Å². The summed E-state index contributed by atoms with van der Waals surface area (Å²) < 4.78 is 1.95. The Morgan fingerprint density at radius 2 is 2.19 bits per heavy atom. The average Bonchev–Trinajstić information content (AvgIpc) is 2.97. The molecule has 2 rings (SSSR count). The first kappa shape index (κ1) is 15.5. The predicted molar refractivity (Wildman–Crippen MR) is 77.5 cm³/mol. The largest absolute Gasteiger partial charge is 0.476 e. The van der Waals surface area contributed by atoms with E-state index < -0.39 is 5.97 Å². The Morgan fingerprint density at radius 1 is 1.48 bits per heavy atom. The second kappa shape index (κ2) is 6.23. The highest BCUT2D eigenvalue weighted by Gasteiger charge is 2.18. The molecule has 112 valence electrons. The van der Waals surface area contributed by atoms with Gasteiger partial charge in [0.05, 0.1) is 16.6 Å². The van der Waals surface area contributed by atoms with E-state index in [1.54, 1.807) is 20.0 Å². The topological polar surface area (TPSA) is 88.3 Å². The van der Waals surface area contributed by atoms with E-state index in [9.17, 15) is 9.59 Å². The molecule has 0 bridgehead atoms. The van der Waals surface area contributed by atoms with E-state index in [1.165, 1.54) is 20.9 Å². The van der Waals surface area contributed by atoms with Crippen molar-refractivity contribution in [3.05, 3.63) is 32.7 Å². The van der Waals surface area contributed by atoms with Crippen LogP contribution < -0.4 is 0 Å². The molecule has 0 aromatic carbocycles. The summed E-state index contributed by atoms with van der Waals surface area (Å²) in [6, 6.07) is 3.64. The van der Waals surface area contributed by atoms with Gasteiger partial charge in [0.2, 0.25) is 5.91 Å². The van der Waals surface area contributed by atoms with Gasteiger partial charge in [-0.3, -0.25) is 4.79 Å². The highest BCUT2D eigenvalue weighted by molar-refractivity contribution is 7.16. The maximum Gasteiger partial charge on any atom is 0.358 e. The number of rotatable bonds is 5. The standard InChI is InChI=1S/C12H13ClN4O3S/c1-7-11(12(19)20)14-15-17(7)6-10(18)16(2)5-8-3-4-9(13)21-8/h3-4H,5-6H2,1-2H3,(H,19,20). The molecule has 0 spiro atoms. The van der Waals surface area contributed by atoms with Gasteiger partial charge in [-0.2, -0.15) is 0 Å². The third-order valence-electron chi connectivity index (χ3n) is 2.92. The van der Waals surface area contributed by atoms with E-state index in [2.05, 4.69) is 10.3 Å². The summed E-state index contributed by atoms with van der Waals surface area (Å²) in [6.45, 7) is 1.95. The minimum absolute atomic E-state index is 0.0538. The van der Waals surface area contributed by atoms with Gasteiger partial charge in [0.15, 0.2) is 5.69 Å². The maximum atomic E-state index is 12.1. The number of halogens is 1. The zero-order valence-electron chi connectivity index (χ0n) is 11.4. The van der Waals surface area contributed by atoms with E-state index in [-0.39, 0.29) is 18.1 Å². The molecule has 21 heavy (non-hydrogen) atoms. The van der Waals surface area contributed by atoms with Gasteiger partial charge in [0.25, 0.3) is 0 Å². The normalized spacial score (nSPS) is 10.6. The highest BCUT2D eigenvalue weighted by atomic mass is 35.5. The molecular formula is C12H13ClN4O3S. The monoisotopic (exact) mass is 328 g/mol. The molecule has 0 aliphatic heterocycles. The lowest BCUT2D eigenvalue weighted by atomic mass is 10.3. The number of aromatic nitrogens is 3. The molecule has 2 heterocycles. The van der Waals surface area contributed by atoms with Crippen molar-refractivity contribution in [2.75, 3.05) is 7.05 Å². The van der Waals surface area contributed by atoms with Gasteiger partial charge in [-0.05, 0) is 19.1 Å². The number of carboxylic acid groups (broad SMARTS) is 1. The van der Waals surface area contributed by atoms with Crippen LogP contribution in [-0.4, -0.2) is 43.9 Å². The van der Waals surface area contributed by atoms with E-state index in [0.717, 1.165) is 4.88 Å². The van der Waals surface area contributed by atoms with Gasteiger partial charge >= 0.3 is 5.97 Å². The van der Waals surface area contributed by atoms with Crippen LogP contribution in [-0.2, 0) is 17.9 Å². The van der Waals surface area contributed by atoms with Gasteiger partial charge in [0, 0.05) is 11.9 Å². The van der Waals surface area contributed by atoms with Crippen LogP contribution in [0.1, 0.15) is 21.1 Å². The Labute approximate surface area is 129 Å². The van der Waals surface area contributed by atoms with Crippen LogP contribution >= 0.6 is 22.9 Å². The summed E-state index contributed by atoms with van der Waals surface area (Å²) in [4.78, 5) is 25.5. The van der Waals surface area contributed by atoms with Gasteiger partial charge in [0.1, 0.15) is 6.54 Å². The molecular weight excluding hydrogens is 316 g/mol. The molecule has 0 saturated heterocycles. The number of carbonyl (C=O) groups excluding carboxylic acids is 1. The van der Waals surface area contributed by atoms with Crippen LogP contribution in [0.2, 0.25) is 4.34 Å². The third kappa shape index (κ3) is 3.59. The van der Waals surface area contributed by atoms with Gasteiger partial charge < -0.3 is 10.0 Å². The highest BCUT2D eigenvalue weighted by Crippen LogP contribution is 2.22. The molecule has 1 N–H and O–H groups in total. The fraction of sp³-hybridized carbons (Fsp3) is 0.333. The first-order valence-electron chi connectivity index (χ1n) is 6.00. The Balaban J connectivity index is 2.02.